The maximum atomic E-state index is 12.3. The van der Waals surface area contributed by atoms with Gasteiger partial charge in [0.1, 0.15) is 5.69 Å². The highest BCUT2D eigenvalue weighted by Gasteiger charge is 2.20. The van der Waals surface area contributed by atoms with Gasteiger partial charge in [-0.15, -0.1) is 16.4 Å². The number of allylic oxidation sites excluding steroid dienone is 1. The predicted octanol–water partition coefficient (Wildman–Crippen LogP) is 3.94. The Morgan fingerprint density at radius 1 is 1.38 bits per heavy atom. The van der Waals surface area contributed by atoms with Crippen LogP contribution in [0.25, 0.3) is 6.08 Å². The van der Waals surface area contributed by atoms with E-state index in [0.717, 1.165) is 23.4 Å². The molecular weight excluding hydrogens is 382 g/mol. The van der Waals surface area contributed by atoms with E-state index in [4.69, 9.17) is 0 Å². The fourth-order valence-corrected chi connectivity index (χ4v) is 4.49. The molecule has 0 saturated carbocycles. The van der Waals surface area contributed by atoms with Crippen molar-refractivity contribution < 1.29 is 4.79 Å². The van der Waals surface area contributed by atoms with Gasteiger partial charge >= 0.3 is 0 Å². The topological polar surface area (TPSA) is 72.2 Å². The van der Waals surface area contributed by atoms with Gasteiger partial charge in [-0.25, -0.2) is 10.1 Å². The van der Waals surface area contributed by atoms with Crippen LogP contribution in [-0.2, 0) is 19.4 Å². The van der Waals surface area contributed by atoms with Crippen molar-refractivity contribution in [2.45, 2.75) is 32.7 Å². The Bertz CT molecular complexity index is 1030. The molecule has 1 aliphatic carbocycles. The molecule has 4 rings (SSSR count). The number of carbonyl (C=O) groups is 1. The molecule has 0 saturated heterocycles. The van der Waals surface area contributed by atoms with Gasteiger partial charge in [-0.3, -0.25) is 4.79 Å². The number of amides is 1. The van der Waals surface area contributed by atoms with Gasteiger partial charge in [0, 0.05) is 11.1 Å². The van der Waals surface area contributed by atoms with Gasteiger partial charge in [-0.2, -0.15) is 5.10 Å². The van der Waals surface area contributed by atoms with E-state index in [2.05, 4.69) is 39.9 Å². The number of aryl methyl sites for hydroxylation is 1. The Morgan fingerprint density at radius 3 is 3.10 bits per heavy atom. The minimum absolute atomic E-state index is 0.157. The molecule has 0 radical (unpaired) electrons. The van der Waals surface area contributed by atoms with Gasteiger partial charge in [0.15, 0.2) is 0 Å². The zero-order valence-electron chi connectivity index (χ0n) is 16.3. The molecule has 148 valence electrons. The largest absolute Gasteiger partial charge is 0.281 e. The SMILES string of the molecule is C[C@@H]1CCc2sc(C(=O)N/N=C\C=C\c3cn(Cc4ccccc4)nn3)cc2C1. The summed E-state index contributed by atoms with van der Waals surface area (Å²) in [5.41, 5.74) is 5.82. The minimum Gasteiger partial charge on any atom is -0.266 e. The van der Waals surface area contributed by atoms with Gasteiger partial charge in [-0.1, -0.05) is 42.5 Å². The van der Waals surface area contributed by atoms with Crippen LogP contribution in [0.4, 0.5) is 0 Å². The molecule has 1 N–H and O–H groups in total. The number of carbonyl (C=O) groups excluding carboxylic acids is 1. The first kappa shape index (κ1) is 19.3. The molecule has 0 spiro atoms. The zero-order chi connectivity index (χ0) is 20.1. The number of aromatic nitrogens is 3. The van der Waals surface area contributed by atoms with E-state index in [9.17, 15) is 4.79 Å². The Hall–Kier alpha value is -3.06. The minimum atomic E-state index is -0.157. The van der Waals surface area contributed by atoms with Crippen LogP contribution in [0.15, 0.2) is 53.8 Å². The van der Waals surface area contributed by atoms with Crippen LogP contribution in [0, 0.1) is 5.92 Å². The first-order valence-electron chi connectivity index (χ1n) is 9.73. The van der Waals surface area contributed by atoms with E-state index in [-0.39, 0.29) is 5.91 Å². The molecule has 7 heteroatoms. The van der Waals surface area contributed by atoms with Crippen molar-refractivity contribution >= 4 is 29.5 Å². The van der Waals surface area contributed by atoms with Crippen LogP contribution < -0.4 is 5.43 Å². The first-order chi connectivity index (χ1) is 14.2. The van der Waals surface area contributed by atoms with Crippen LogP contribution in [0.3, 0.4) is 0 Å². The van der Waals surface area contributed by atoms with Crippen LogP contribution in [0.2, 0.25) is 0 Å². The molecular formula is C22H23N5OS. The van der Waals surface area contributed by atoms with Crippen LogP contribution >= 0.6 is 11.3 Å². The number of hydrogen-bond acceptors (Lipinski definition) is 5. The van der Waals surface area contributed by atoms with Crippen molar-refractivity contribution in [2.75, 3.05) is 0 Å². The van der Waals surface area contributed by atoms with E-state index >= 15 is 0 Å². The van der Waals surface area contributed by atoms with Gasteiger partial charge < -0.3 is 0 Å². The fourth-order valence-electron chi connectivity index (χ4n) is 3.39. The lowest BCUT2D eigenvalue weighted by molar-refractivity contribution is 0.0959. The van der Waals surface area contributed by atoms with Crippen molar-refractivity contribution in [3.8, 4) is 0 Å². The molecule has 0 aliphatic heterocycles. The second-order valence-corrected chi connectivity index (χ2v) is 8.45. The Labute approximate surface area is 174 Å². The van der Waals surface area contributed by atoms with Crippen molar-refractivity contribution in [3.05, 3.63) is 75.2 Å². The molecule has 0 bridgehead atoms. The van der Waals surface area contributed by atoms with E-state index in [1.54, 1.807) is 34.4 Å². The molecule has 29 heavy (non-hydrogen) atoms. The van der Waals surface area contributed by atoms with E-state index < -0.39 is 0 Å². The molecule has 1 aliphatic rings. The van der Waals surface area contributed by atoms with Gasteiger partial charge in [-0.05, 0) is 54.5 Å². The summed E-state index contributed by atoms with van der Waals surface area (Å²) in [6.07, 6.45) is 10.3. The van der Waals surface area contributed by atoms with E-state index in [1.165, 1.54) is 22.4 Å². The molecule has 3 aromatic rings. The average molecular weight is 406 g/mol. The van der Waals surface area contributed by atoms with Crippen LogP contribution in [0.5, 0.6) is 0 Å². The van der Waals surface area contributed by atoms with Crippen LogP contribution in [-0.4, -0.2) is 27.1 Å². The van der Waals surface area contributed by atoms with Crippen LogP contribution in [0.1, 0.15) is 44.7 Å². The predicted molar refractivity (Wildman–Crippen MR) is 116 cm³/mol. The highest BCUT2D eigenvalue weighted by Crippen LogP contribution is 2.32. The Balaban J connectivity index is 1.28. The average Bonchev–Trinajstić information content (AvgIpc) is 3.35. The van der Waals surface area contributed by atoms with Gasteiger partial charge in [0.05, 0.1) is 17.6 Å². The Kier molecular flexibility index (Phi) is 5.95. The highest BCUT2D eigenvalue weighted by atomic mass is 32.1. The summed E-state index contributed by atoms with van der Waals surface area (Å²) in [7, 11) is 0. The third kappa shape index (κ3) is 5.06. The fraction of sp³-hybridized carbons (Fsp3) is 0.273. The second kappa shape index (κ2) is 8.96. The first-order valence-corrected chi connectivity index (χ1v) is 10.5. The van der Waals surface area contributed by atoms with Crippen molar-refractivity contribution in [2.24, 2.45) is 11.0 Å². The summed E-state index contributed by atoms with van der Waals surface area (Å²) in [6, 6.07) is 12.1. The van der Waals surface area contributed by atoms with Crippen molar-refractivity contribution in [3.63, 3.8) is 0 Å². The Morgan fingerprint density at radius 2 is 2.24 bits per heavy atom. The van der Waals surface area contributed by atoms with Gasteiger partial charge in [0.2, 0.25) is 0 Å². The highest BCUT2D eigenvalue weighted by molar-refractivity contribution is 7.14. The van der Waals surface area contributed by atoms with E-state index in [0.29, 0.717) is 12.5 Å². The number of hydrazone groups is 1. The molecule has 1 amide bonds. The lowest BCUT2D eigenvalue weighted by Gasteiger charge is -2.16. The summed E-state index contributed by atoms with van der Waals surface area (Å²) >= 11 is 1.58. The number of nitrogens with one attached hydrogen (secondary N) is 1. The summed E-state index contributed by atoms with van der Waals surface area (Å²) in [5, 5.41) is 12.2. The number of fused-ring (bicyclic) bond motifs is 1. The van der Waals surface area contributed by atoms with Crippen molar-refractivity contribution in [1.29, 1.82) is 0 Å². The number of nitrogens with zero attached hydrogens (tertiary/aromatic N) is 4. The lowest BCUT2D eigenvalue weighted by atomic mass is 9.90. The third-order valence-electron chi connectivity index (χ3n) is 4.89. The number of benzene rings is 1. The van der Waals surface area contributed by atoms with Gasteiger partial charge in [0.25, 0.3) is 5.91 Å². The quantitative estimate of drug-likeness (QED) is 0.499. The summed E-state index contributed by atoms with van der Waals surface area (Å²) < 4.78 is 1.79. The summed E-state index contributed by atoms with van der Waals surface area (Å²) in [4.78, 5) is 14.4. The molecule has 2 aromatic heterocycles. The standard InChI is InChI=1S/C22H23N5OS/c1-16-9-10-20-18(12-16)13-21(29-20)22(28)25-23-11-5-8-19-15-27(26-24-19)14-17-6-3-2-4-7-17/h2-8,11,13,15-16H,9-10,12,14H2,1H3,(H,25,28)/b8-5+,23-11-/t16-/m1/s1. The monoisotopic (exact) mass is 405 g/mol. The molecule has 2 heterocycles. The second-order valence-electron chi connectivity index (χ2n) is 7.31. The molecule has 0 unspecified atom stereocenters. The molecule has 6 nitrogen and oxygen atoms in total. The zero-order valence-corrected chi connectivity index (χ0v) is 17.1. The number of rotatable bonds is 6. The summed E-state index contributed by atoms with van der Waals surface area (Å²) in [5.74, 6) is 0.539. The van der Waals surface area contributed by atoms with E-state index in [1.807, 2.05) is 30.5 Å². The molecule has 0 fully saturated rings. The molecule has 1 aromatic carbocycles. The molecule has 1 atom stereocenters. The number of thiophene rings is 1. The normalized spacial score (nSPS) is 16.4. The maximum Gasteiger partial charge on any atom is 0.281 e. The van der Waals surface area contributed by atoms with Crippen molar-refractivity contribution in [1.82, 2.24) is 20.4 Å². The summed E-state index contributed by atoms with van der Waals surface area (Å²) in [6.45, 7) is 2.94. The smallest absolute Gasteiger partial charge is 0.266 e. The number of hydrogen-bond donors (Lipinski definition) is 1. The third-order valence-corrected chi connectivity index (χ3v) is 6.13. The maximum absolute atomic E-state index is 12.3. The lowest BCUT2D eigenvalue weighted by Crippen LogP contribution is -2.15.